The first-order valence-corrected chi connectivity index (χ1v) is 15.5. The van der Waals surface area contributed by atoms with Gasteiger partial charge in [0.15, 0.2) is 5.82 Å². The molecule has 8 aromatic rings. The Labute approximate surface area is 261 Å². The van der Waals surface area contributed by atoms with E-state index in [4.69, 9.17) is 9.97 Å². The Balaban J connectivity index is 1.32. The maximum absolute atomic E-state index is 5.43. The second-order valence-corrected chi connectivity index (χ2v) is 12.1. The van der Waals surface area contributed by atoms with E-state index in [9.17, 15) is 0 Å². The zero-order valence-electron chi connectivity index (χ0n) is 24.4. The maximum Gasteiger partial charge on any atom is 0.161 e. The molecule has 2 aliphatic carbocycles. The number of rotatable bonds is 2. The van der Waals surface area contributed by atoms with E-state index >= 15 is 0 Å². The molecule has 0 bridgehead atoms. The monoisotopic (exact) mass is 570 g/mol. The van der Waals surface area contributed by atoms with Crippen LogP contribution in [0.3, 0.4) is 0 Å². The first-order valence-electron chi connectivity index (χ1n) is 15.5. The smallest absolute Gasteiger partial charge is 0.161 e. The van der Waals surface area contributed by atoms with Gasteiger partial charge in [-0.1, -0.05) is 152 Å². The van der Waals surface area contributed by atoms with E-state index in [0.29, 0.717) is 0 Å². The topological polar surface area (TPSA) is 25.8 Å². The van der Waals surface area contributed by atoms with Crippen LogP contribution in [0.25, 0.3) is 66.6 Å². The first-order chi connectivity index (χ1) is 22.3. The highest BCUT2D eigenvalue weighted by Crippen LogP contribution is 2.64. The Kier molecular flexibility index (Phi) is 4.95. The summed E-state index contributed by atoms with van der Waals surface area (Å²) < 4.78 is 0. The molecular formula is C43H26N2. The molecule has 0 unspecified atom stereocenters. The molecule has 1 spiro atoms. The van der Waals surface area contributed by atoms with Crippen molar-refractivity contribution < 1.29 is 0 Å². The molecule has 1 aromatic heterocycles. The average Bonchev–Trinajstić information content (AvgIpc) is 3.59. The minimum Gasteiger partial charge on any atom is -0.228 e. The Morgan fingerprint density at radius 1 is 0.356 bits per heavy atom. The molecule has 2 nitrogen and oxygen atoms in total. The Morgan fingerprint density at radius 3 is 1.64 bits per heavy atom. The van der Waals surface area contributed by atoms with Crippen LogP contribution < -0.4 is 0 Å². The number of benzene rings is 7. The van der Waals surface area contributed by atoms with Crippen LogP contribution in [0, 0.1) is 0 Å². The number of hydrogen-bond donors (Lipinski definition) is 0. The van der Waals surface area contributed by atoms with E-state index in [0.717, 1.165) is 38.9 Å². The van der Waals surface area contributed by atoms with Crippen molar-refractivity contribution in [2.75, 3.05) is 0 Å². The van der Waals surface area contributed by atoms with Crippen molar-refractivity contribution in [1.29, 1.82) is 0 Å². The summed E-state index contributed by atoms with van der Waals surface area (Å²) in [6, 6.07) is 57.0. The zero-order valence-corrected chi connectivity index (χ0v) is 24.4. The number of nitrogens with zero attached hydrogens (tertiary/aromatic N) is 2. The fraction of sp³-hybridized carbons (Fsp3) is 0.0233. The summed E-state index contributed by atoms with van der Waals surface area (Å²) in [5.74, 6) is 0.746. The number of para-hydroxylation sites is 1. The second kappa shape index (κ2) is 9.07. The van der Waals surface area contributed by atoms with Gasteiger partial charge in [0, 0.05) is 16.5 Å². The molecule has 2 aliphatic rings. The van der Waals surface area contributed by atoms with E-state index in [2.05, 4.69) is 158 Å². The van der Waals surface area contributed by atoms with Gasteiger partial charge in [0.1, 0.15) is 0 Å². The molecule has 0 saturated carbocycles. The zero-order chi connectivity index (χ0) is 29.5. The highest BCUT2D eigenvalue weighted by Gasteiger charge is 2.52. The molecule has 0 atom stereocenters. The highest BCUT2D eigenvalue weighted by molar-refractivity contribution is 6.04. The molecule has 0 amide bonds. The molecule has 1 heterocycles. The van der Waals surface area contributed by atoms with Crippen LogP contribution in [-0.4, -0.2) is 9.97 Å². The SMILES string of the molecule is c1ccc2c(c1)-c1ccccc1C21c2ccccc2-c2c(-c3nc(-c4cccc5ccccc45)nc4ccccc34)cccc21. The minimum absolute atomic E-state index is 0.392. The molecule has 2 heteroatoms. The third-order valence-electron chi connectivity index (χ3n) is 9.91. The fourth-order valence-electron chi connectivity index (χ4n) is 8.16. The molecule has 0 radical (unpaired) electrons. The lowest BCUT2D eigenvalue weighted by molar-refractivity contribution is 0.794. The van der Waals surface area contributed by atoms with Gasteiger partial charge in [-0.15, -0.1) is 0 Å². The molecular weight excluding hydrogens is 544 g/mol. The maximum atomic E-state index is 5.43. The van der Waals surface area contributed by atoms with Crippen molar-refractivity contribution in [1.82, 2.24) is 9.97 Å². The van der Waals surface area contributed by atoms with Gasteiger partial charge in [-0.2, -0.15) is 0 Å². The fourth-order valence-corrected chi connectivity index (χ4v) is 8.16. The van der Waals surface area contributed by atoms with Gasteiger partial charge >= 0.3 is 0 Å². The second-order valence-electron chi connectivity index (χ2n) is 12.1. The summed E-state index contributed by atoms with van der Waals surface area (Å²) in [6.07, 6.45) is 0. The van der Waals surface area contributed by atoms with Crippen LogP contribution in [0.15, 0.2) is 158 Å². The average molecular weight is 571 g/mol. The van der Waals surface area contributed by atoms with Gasteiger partial charge < -0.3 is 0 Å². The summed E-state index contributed by atoms with van der Waals surface area (Å²) in [6.45, 7) is 0. The predicted molar refractivity (Wildman–Crippen MR) is 184 cm³/mol. The van der Waals surface area contributed by atoms with E-state index < -0.39 is 5.41 Å². The van der Waals surface area contributed by atoms with Crippen molar-refractivity contribution in [3.63, 3.8) is 0 Å². The summed E-state index contributed by atoms with van der Waals surface area (Å²) in [4.78, 5) is 10.6. The molecule has 0 fully saturated rings. The van der Waals surface area contributed by atoms with Crippen molar-refractivity contribution in [2.45, 2.75) is 5.41 Å². The lowest BCUT2D eigenvalue weighted by Crippen LogP contribution is -2.25. The van der Waals surface area contributed by atoms with Gasteiger partial charge in [0.25, 0.3) is 0 Å². The number of hydrogen-bond acceptors (Lipinski definition) is 2. The van der Waals surface area contributed by atoms with Crippen LogP contribution in [-0.2, 0) is 5.41 Å². The summed E-state index contributed by atoms with van der Waals surface area (Å²) >= 11 is 0. The summed E-state index contributed by atoms with van der Waals surface area (Å²) in [7, 11) is 0. The van der Waals surface area contributed by atoms with E-state index in [-0.39, 0.29) is 0 Å². The molecule has 0 aliphatic heterocycles. The van der Waals surface area contributed by atoms with Gasteiger partial charge in [-0.3, -0.25) is 0 Å². The van der Waals surface area contributed by atoms with Crippen LogP contribution in [0.4, 0.5) is 0 Å². The van der Waals surface area contributed by atoms with Crippen LogP contribution in [0.1, 0.15) is 22.3 Å². The molecule has 208 valence electrons. The van der Waals surface area contributed by atoms with Gasteiger partial charge in [0.2, 0.25) is 0 Å². The van der Waals surface area contributed by atoms with Crippen molar-refractivity contribution >= 4 is 21.7 Å². The Hall–Kier alpha value is -5.86. The molecule has 0 N–H and O–H groups in total. The summed E-state index contributed by atoms with van der Waals surface area (Å²) in [5, 5.41) is 3.40. The quantitative estimate of drug-likeness (QED) is 0.207. The largest absolute Gasteiger partial charge is 0.228 e. The van der Waals surface area contributed by atoms with Crippen LogP contribution in [0.2, 0.25) is 0 Å². The molecule has 10 rings (SSSR count). The lowest BCUT2D eigenvalue weighted by Gasteiger charge is -2.30. The normalized spacial score (nSPS) is 13.5. The highest BCUT2D eigenvalue weighted by atomic mass is 14.9. The van der Waals surface area contributed by atoms with Crippen molar-refractivity contribution in [2.24, 2.45) is 0 Å². The van der Waals surface area contributed by atoms with E-state index in [1.54, 1.807) is 0 Å². The van der Waals surface area contributed by atoms with Gasteiger partial charge in [0.05, 0.1) is 16.6 Å². The van der Waals surface area contributed by atoms with Gasteiger partial charge in [-0.05, 0) is 61.3 Å². The van der Waals surface area contributed by atoms with E-state index in [1.165, 1.54) is 49.9 Å². The van der Waals surface area contributed by atoms with Crippen LogP contribution >= 0.6 is 0 Å². The predicted octanol–water partition coefficient (Wildman–Crippen LogP) is 10.5. The standard InChI is InChI=1S/C43H26N2/c1-2-15-28-27(13-1)14-11-20-31(28)42-44-39-26-10-6-19-33(39)41(45-42)34-21-12-25-38-40(34)32-18-5-9-24-37(32)43(38)35-22-7-3-16-29(35)30-17-4-8-23-36(30)43/h1-26H. The Bertz CT molecular complexity index is 2460. The first kappa shape index (κ1) is 24.6. The van der Waals surface area contributed by atoms with Crippen molar-refractivity contribution in [3.8, 4) is 44.9 Å². The number of fused-ring (bicyclic) bond motifs is 12. The Morgan fingerprint density at radius 2 is 0.867 bits per heavy atom. The molecule has 7 aromatic carbocycles. The van der Waals surface area contributed by atoms with Gasteiger partial charge in [-0.25, -0.2) is 9.97 Å². The third-order valence-corrected chi connectivity index (χ3v) is 9.91. The van der Waals surface area contributed by atoms with E-state index in [1.807, 2.05) is 0 Å². The third kappa shape index (κ3) is 3.18. The summed E-state index contributed by atoms with van der Waals surface area (Å²) in [5.41, 5.74) is 14.2. The molecule has 0 saturated heterocycles. The lowest BCUT2D eigenvalue weighted by atomic mass is 9.70. The number of aromatic nitrogens is 2. The van der Waals surface area contributed by atoms with Crippen LogP contribution in [0.5, 0.6) is 0 Å². The minimum atomic E-state index is -0.392. The molecule has 45 heavy (non-hydrogen) atoms. The van der Waals surface area contributed by atoms with Crippen molar-refractivity contribution in [3.05, 3.63) is 180 Å².